The predicted octanol–water partition coefficient (Wildman–Crippen LogP) is 2.52. The molecule has 100 valence electrons. The van der Waals surface area contributed by atoms with Crippen LogP contribution < -0.4 is 0 Å². The SMILES string of the molecule is CCS(=O)(=O)N1CCC(c2cccc(C)c2)CC1. The van der Waals surface area contributed by atoms with Crippen LogP contribution in [0.2, 0.25) is 0 Å². The van der Waals surface area contributed by atoms with Crippen molar-refractivity contribution >= 4 is 10.0 Å². The van der Waals surface area contributed by atoms with E-state index < -0.39 is 10.0 Å². The minimum absolute atomic E-state index is 0.210. The zero-order valence-corrected chi connectivity index (χ0v) is 11.9. The fourth-order valence-electron chi connectivity index (χ4n) is 2.57. The minimum atomic E-state index is -3.00. The average molecular weight is 267 g/mol. The molecule has 0 atom stereocenters. The van der Waals surface area contributed by atoms with Crippen LogP contribution >= 0.6 is 0 Å². The van der Waals surface area contributed by atoms with Crippen LogP contribution in [-0.4, -0.2) is 31.6 Å². The number of rotatable bonds is 3. The second-order valence-corrected chi connectivity index (χ2v) is 7.25. The third-order valence-corrected chi connectivity index (χ3v) is 5.61. The average Bonchev–Trinajstić information content (AvgIpc) is 2.39. The van der Waals surface area contributed by atoms with Crippen LogP contribution in [0.4, 0.5) is 0 Å². The van der Waals surface area contributed by atoms with Gasteiger partial charge in [-0.05, 0) is 38.2 Å². The number of nitrogens with zero attached hydrogens (tertiary/aromatic N) is 1. The topological polar surface area (TPSA) is 37.4 Å². The van der Waals surface area contributed by atoms with Crippen molar-refractivity contribution in [1.29, 1.82) is 0 Å². The van der Waals surface area contributed by atoms with E-state index in [4.69, 9.17) is 0 Å². The summed E-state index contributed by atoms with van der Waals surface area (Å²) in [5.41, 5.74) is 2.62. The first kappa shape index (κ1) is 13.6. The molecule has 0 unspecified atom stereocenters. The van der Waals surface area contributed by atoms with Crippen LogP contribution in [0, 0.1) is 6.92 Å². The number of piperidine rings is 1. The molecule has 18 heavy (non-hydrogen) atoms. The van der Waals surface area contributed by atoms with E-state index in [1.807, 2.05) is 0 Å². The Morgan fingerprint density at radius 2 is 1.94 bits per heavy atom. The number of hydrogen-bond donors (Lipinski definition) is 0. The van der Waals surface area contributed by atoms with Crippen molar-refractivity contribution in [2.45, 2.75) is 32.6 Å². The van der Waals surface area contributed by atoms with Gasteiger partial charge in [-0.1, -0.05) is 29.8 Å². The summed E-state index contributed by atoms with van der Waals surface area (Å²) in [6.45, 7) is 5.13. The number of aryl methyl sites for hydroxylation is 1. The number of benzene rings is 1. The van der Waals surface area contributed by atoms with E-state index >= 15 is 0 Å². The van der Waals surface area contributed by atoms with E-state index in [-0.39, 0.29) is 5.75 Å². The zero-order chi connectivity index (χ0) is 13.2. The van der Waals surface area contributed by atoms with Crippen molar-refractivity contribution in [1.82, 2.24) is 4.31 Å². The summed E-state index contributed by atoms with van der Waals surface area (Å²) in [6, 6.07) is 8.55. The van der Waals surface area contributed by atoms with Crippen LogP contribution in [0.15, 0.2) is 24.3 Å². The number of hydrogen-bond acceptors (Lipinski definition) is 2. The highest BCUT2D eigenvalue weighted by Crippen LogP contribution is 2.29. The normalized spacial score (nSPS) is 19.0. The Morgan fingerprint density at radius 1 is 1.28 bits per heavy atom. The summed E-state index contributed by atoms with van der Waals surface area (Å²) in [5, 5.41) is 0. The first-order valence-electron chi connectivity index (χ1n) is 6.57. The minimum Gasteiger partial charge on any atom is -0.212 e. The third-order valence-electron chi connectivity index (χ3n) is 3.73. The van der Waals surface area contributed by atoms with Gasteiger partial charge < -0.3 is 0 Å². The van der Waals surface area contributed by atoms with Gasteiger partial charge in [0.15, 0.2) is 0 Å². The van der Waals surface area contributed by atoms with Gasteiger partial charge in [-0.2, -0.15) is 0 Å². The molecule has 1 aliphatic heterocycles. The molecular weight excluding hydrogens is 246 g/mol. The quantitative estimate of drug-likeness (QED) is 0.844. The molecule has 1 fully saturated rings. The van der Waals surface area contributed by atoms with Crippen LogP contribution in [0.25, 0.3) is 0 Å². The van der Waals surface area contributed by atoms with Gasteiger partial charge >= 0.3 is 0 Å². The molecule has 1 saturated heterocycles. The smallest absolute Gasteiger partial charge is 0.212 e. The van der Waals surface area contributed by atoms with E-state index in [0.29, 0.717) is 19.0 Å². The molecule has 0 bridgehead atoms. The molecule has 0 saturated carbocycles. The molecule has 1 heterocycles. The van der Waals surface area contributed by atoms with Crippen LogP contribution in [-0.2, 0) is 10.0 Å². The predicted molar refractivity (Wildman–Crippen MR) is 74.2 cm³/mol. The maximum atomic E-state index is 11.8. The van der Waals surface area contributed by atoms with Crippen molar-refractivity contribution in [3.63, 3.8) is 0 Å². The highest BCUT2D eigenvalue weighted by molar-refractivity contribution is 7.89. The first-order chi connectivity index (χ1) is 8.53. The summed E-state index contributed by atoms with van der Waals surface area (Å²) in [7, 11) is -3.00. The van der Waals surface area contributed by atoms with Crippen LogP contribution in [0.5, 0.6) is 0 Å². The van der Waals surface area contributed by atoms with Crippen LogP contribution in [0.3, 0.4) is 0 Å². The molecule has 0 spiro atoms. The monoisotopic (exact) mass is 267 g/mol. The largest absolute Gasteiger partial charge is 0.213 e. The van der Waals surface area contributed by atoms with Crippen molar-refractivity contribution in [3.8, 4) is 0 Å². The van der Waals surface area contributed by atoms with E-state index in [1.54, 1.807) is 11.2 Å². The Bertz CT molecular complexity index is 502. The Hall–Kier alpha value is -0.870. The molecule has 4 heteroatoms. The molecule has 0 N–H and O–H groups in total. The molecule has 0 aromatic heterocycles. The summed E-state index contributed by atoms with van der Waals surface area (Å²) >= 11 is 0. The van der Waals surface area contributed by atoms with Crippen molar-refractivity contribution in [2.75, 3.05) is 18.8 Å². The molecule has 1 aliphatic rings. The Morgan fingerprint density at radius 3 is 2.50 bits per heavy atom. The molecular formula is C14H21NO2S. The van der Waals surface area contributed by atoms with E-state index in [9.17, 15) is 8.42 Å². The van der Waals surface area contributed by atoms with Gasteiger partial charge in [-0.25, -0.2) is 12.7 Å². The maximum Gasteiger partial charge on any atom is 0.213 e. The van der Waals surface area contributed by atoms with Gasteiger partial charge in [0.05, 0.1) is 5.75 Å². The summed E-state index contributed by atoms with van der Waals surface area (Å²) in [5.74, 6) is 0.718. The standard InChI is InChI=1S/C14H21NO2S/c1-3-18(16,17)15-9-7-13(8-10-15)14-6-4-5-12(2)11-14/h4-6,11,13H,3,7-10H2,1-2H3. The summed E-state index contributed by atoms with van der Waals surface area (Å²) in [6.07, 6.45) is 1.87. The van der Waals surface area contributed by atoms with Crippen LogP contribution in [0.1, 0.15) is 36.8 Å². The molecule has 2 rings (SSSR count). The van der Waals surface area contributed by atoms with Gasteiger partial charge in [-0.15, -0.1) is 0 Å². The molecule has 3 nitrogen and oxygen atoms in total. The molecule has 0 radical (unpaired) electrons. The van der Waals surface area contributed by atoms with Gasteiger partial charge in [0, 0.05) is 13.1 Å². The lowest BCUT2D eigenvalue weighted by atomic mass is 9.89. The van der Waals surface area contributed by atoms with Gasteiger partial charge in [-0.3, -0.25) is 0 Å². The summed E-state index contributed by atoms with van der Waals surface area (Å²) in [4.78, 5) is 0. The Balaban J connectivity index is 2.03. The Labute approximate surface area is 110 Å². The highest BCUT2D eigenvalue weighted by Gasteiger charge is 2.27. The molecule has 0 amide bonds. The highest BCUT2D eigenvalue weighted by atomic mass is 32.2. The molecule has 1 aromatic rings. The van der Waals surface area contributed by atoms with Gasteiger partial charge in [0.2, 0.25) is 10.0 Å². The lowest BCUT2D eigenvalue weighted by molar-refractivity contribution is 0.320. The third kappa shape index (κ3) is 2.93. The Kier molecular flexibility index (Phi) is 4.07. The van der Waals surface area contributed by atoms with Gasteiger partial charge in [0.1, 0.15) is 0 Å². The van der Waals surface area contributed by atoms with E-state index in [0.717, 1.165) is 12.8 Å². The fourth-order valence-corrected chi connectivity index (χ4v) is 3.71. The van der Waals surface area contributed by atoms with E-state index in [1.165, 1.54) is 11.1 Å². The lowest BCUT2D eigenvalue weighted by Gasteiger charge is -2.31. The molecule has 0 aliphatic carbocycles. The summed E-state index contributed by atoms with van der Waals surface area (Å²) < 4.78 is 25.2. The lowest BCUT2D eigenvalue weighted by Crippen LogP contribution is -2.38. The second kappa shape index (κ2) is 5.41. The van der Waals surface area contributed by atoms with Crippen molar-refractivity contribution < 1.29 is 8.42 Å². The van der Waals surface area contributed by atoms with E-state index in [2.05, 4.69) is 31.2 Å². The fraction of sp³-hybridized carbons (Fsp3) is 0.571. The zero-order valence-electron chi connectivity index (χ0n) is 11.1. The number of sulfonamides is 1. The van der Waals surface area contributed by atoms with Gasteiger partial charge in [0.25, 0.3) is 0 Å². The van der Waals surface area contributed by atoms with Crippen molar-refractivity contribution in [3.05, 3.63) is 35.4 Å². The molecule has 1 aromatic carbocycles. The van der Waals surface area contributed by atoms with Crippen molar-refractivity contribution in [2.24, 2.45) is 0 Å². The maximum absolute atomic E-state index is 11.8. The second-order valence-electron chi connectivity index (χ2n) is 4.99. The first-order valence-corrected chi connectivity index (χ1v) is 8.18.